The van der Waals surface area contributed by atoms with Crippen molar-refractivity contribution in [3.05, 3.63) is 64.2 Å². The first kappa shape index (κ1) is 14.4. The van der Waals surface area contributed by atoms with Gasteiger partial charge in [0.05, 0.1) is 18.4 Å². The number of ether oxygens (including phenoxy) is 1. The third kappa shape index (κ3) is 3.31. The summed E-state index contributed by atoms with van der Waals surface area (Å²) in [5.41, 5.74) is 3.52. The molecule has 0 saturated heterocycles. The van der Waals surface area contributed by atoms with Crippen molar-refractivity contribution >= 4 is 23.3 Å². The number of hydrogen-bond donors (Lipinski definition) is 1. The third-order valence-electron chi connectivity index (χ3n) is 3.12. The van der Waals surface area contributed by atoms with Gasteiger partial charge in [-0.3, -0.25) is 0 Å². The van der Waals surface area contributed by atoms with Gasteiger partial charge in [0.15, 0.2) is 0 Å². The molecular formula is C16H16ClNO2. The Balaban J connectivity index is 2.22. The van der Waals surface area contributed by atoms with Crippen LogP contribution >= 0.6 is 11.6 Å². The highest BCUT2D eigenvalue weighted by Crippen LogP contribution is 2.23. The molecule has 0 aliphatic carbocycles. The van der Waals surface area contributed by atoms with E-state index in [0.717, 1.165) is 0 Å². The lowest BCUT2D eigenvalue weighted by Gasteiger charge is -2.12. The summed E-state index contributed by atoms with van der Waals surface area (Å²) < 4.78 is 4.77. The van der Waals surface area contributed by atoms with Crippen LogP contribution in [-0.2, 0) is 11.3 Å². The molecule has 0 unspecified atom stereocenters. The van der Waals surface area contributed by atoms with E-state index in [4.69, 9.17) is 16.3 Å². The third-order valence-corrected chi connectivity index (χ3v) is 3.35. The normalized spacial score (nSPS) is 10.2. The van der Waals surface area contributed by atoms with Crippen LogP contribution in [0.3, 0.4) is 0 Å². The van der Waals surface area contributed by atoms with E-state index in [1.807, 2.05) is 18.2 Å². The Morgan fingerprint density at radius 2 is 2.00 bits per heavy atom. The van der Waals surface area contributed by atoms with Crippen LogP contribution in [0.1, 0.15) is 21.5 Å². The summed E-state index contributed by atoms with van der Waals surface area (Å²) in [6.45, 7) is 2.67. The van der Waals surface area contributed by atoms with Crippen LogP contribution in [0.15, 0.2) is 42.5 Å². The molecule has 2 rings (SSSR count). The van der Waals surface area contributed by atoms with E-state index in [1.54, 1.807) is 18.2 Å². The van der Waals surface area contributed by atoms with E-state index in [9.17, 15) is 4.79 Å². The van der Waals surface area contributed by atoms with Crippen LogP contribution in [-0.4, -0.2) is 13.1 Å². The van der Waals surface area contributed by atoms with Crippen LogP contribution in [0.5, 0.6) is 0 Å². The number of halogens is 1. The summed E-state index contributed by atoms with van der Waals surface area (Å²) >= 11 is 5.99. The minimum absolute atomic E-state index is 0.381. The molecule has 0 atom stereocenters. The molecule has 0 aliphatic heterocycles. The second-order valence-electron chi connectivity index (χ2n) is 4.46. The highest BCUT2D eigenvalue weighted by molar-refractivity contribution is 6.31. The molecule has 0 radical (unpaired) electrons. The number of carbonyl (C=O) groups is 1. The number of hydrogen-bond acceptors (Lipinski definition) is 3. The van der Waals surface area contributed by atoms with Gasteiger partial charge in [-0.15, -0.1) is 0 Å². The molecule has 104 valence electrons. The fourth-order valence-corrected chi connectivity index (χ4v) is 2.12. The Morgan fingerprint density at radius 3 is 2.70 bits per heavy atom. The molecule has 0 aromatic heterocycles. The highest BCUT2D eigenvalue weighted by Gasteiger charge is 2.12. The first-order valence-electron chi connectivity index (χ1n) is 6.28. The summed E-state index contributed by atoms with van der Waals surface area (Å²) in [5.74, 6) is -0.381. The molecule has 2 aromatic carbocycles. The summed E-state index contributed by atoms with van der Waals surface area (Å²) in [6.07, 6.45) is 0. The van der Waals surface area contributed by atoms with E-state index in [2.05, 4.69) is 18.3 Å². The maximum absolute atomic E-state index is 11.7. The lowest BCUT2D eigenvalue weighted by atomic mass is 10.1. The minimum atomic E-state index is -0.381. The standard InChI is InChI=1S/C16H16ClNO2/c1-11-5-3-4-6-12(11)10-18-15-9-13(17)7-8-14(15)16(19)20-2/h3-9,18H,10H2,1-2H3. The monoisotopic (exact) mass is 289 g/mol. The van der Waals surface area contributed by atoms with E-state index in [1.165, 1.54) is 18.2 Å². The van der Waals surface area contributed by atoms with Gasteiger partial charge in [-0.2, -0.15) is 0 Å². The van der Waals surface area contributed by atoms with Gasteiger partial charge >= 0.3 is 5.97 Å². The fourth-order valence-electron chi connectivity index (χ4n) is 1.95. The van der Waals surface area contributed by atoms with Gasteiger partial charge in [-0.05, 0) is 36.2 Å². The van der Waals surface area contributed by atoms with E-state index >= 15 is 0 Å². The van der Waals surface area contributed by atoms with Crippen molar-refractivity contribution in [3.8, 4) is 0 Å². The van der Waals surface area contributed by atoms with Crippen molar-refractivity contribution in [1.29, 1.82) is 0 Å². The van der Waals surface area contributed by atoms with Crippen molar-refractivity contribution in [3.63, 3.8) is 0 Å². The Morgan fingerprint density at radius 1 is 1.25 bits per heavy atom. The lowest BCUT2D eigenvalue weighted by molar-refractivity contribution is 0.0602. The number of carbonyl (C=O) groups excluding carboxylic acids is 1. The molecular weight excluding hydrogens is 274 g/mol. The van der Waals surface area contributed by atoms with Crippen molar-refractivity contribution in [2.24, 2.45) is 0 Å². The molecule has 20 heavy (non-hydrogen) atoms. The molecule has 1 N–H and O–H groups in total. The van der Waals surface area contributed by atoms with Crippen molar-refractivity contribution in [1.82, 2.24) is 0 Å². The predicted molar refractivity (Wildman–Crippen MR) is 81.3 cm³/mol. The van der Waals surface area contributed by atoms with Gasteiger partial charge in [-0.1, -0.05) is 35.9 Å². The molecule has 0 aliphatic rings. The fraction of sp³-hybridized carbons (Fsp3) is 0.188. The summed E-state index contributed by atoms with van der Waals surface area (Å²) in [6, 6.07) is 13.1. The SMILES string of the molecule is COC(=O)c1ccc(Cl)cc1NCc1ccccc1C. The van der Waals surface area contributed by atoms with Crippen molar-refractivity contribution in [2.75, 3.05) is 12.4 Å². The quantitative estimate of drug-likeness (QED) is 0.863. The van der Waals surface area contributed by atoms with Crippen molar-refractivity contribution < 1.29 is 9.53 Å². The summed E-state index contributed by atoms with van der Waals surface area (Å²) in [7, 11) is 1.36. The zero-order valence-electron chi connectivity index (χ0n) is 11.4. The van der Waals surface area contributed by atoms with Crippen LogP contribution in [0.4, 0.5) is 5.69 Å². The van der Waals surface area contributed by atoms with Crippen LogP contribution in [0.25, 0.3) is 0 Å². The number of benzene rings is 2. The summed E-state index contributed by atoms with van der Waals surface area (Å²) in [4.78, 5) is 11.7. The summed E-state index contributed by atoms with van der Waals surface area (Å²) in [5, 5.41) is 3.82. The van der Waals surface area contributed by atoms with Gasteiger partial charge in [0.2, 0.25) is 0 Å². The minimum Gasteiger partial charge on any atom is -0.465 e. The number of esters is 1. The van der Waals surface area contributed by atoms with Gasteiger partial charge in [0, 0.05) is 11.6 Å². The van der Waals surface area contributed by atoms with E-state index in [0.29, 0.717) is 22.8 Å². The second-order valence-corrected chi connectivity index (χ2v) is 4.90. The molecule has 0 spiro atoms. The first-order valence-corrected chi connectivity index (χ1v) is 6.66. The molecule has 0 saturated carbocycles. The van der Waals surface area contributed by atoms with Crippen LogP contribution in [0, 0.1) is 6.92 Å². The van der Waals surface area contributed by atoms with Crippen LogP contribution < -0.4 is 5.32 Å². The zero-order valence-corrected chi connectivity index (χ0v) is 12.2. The molecule has 0 heterocycles. The average molecular weight is 290 g/mol. The molecule has 0 bridgehead atoms. The number of methoxy groups -OCH3 is 1. The maximum atomic E-state index is 11.7. The number of rotatable bonds is 4. The number of anilines is 1. The highest BCUT2D eigenvalue weighted by atomic mass is 35.5. The molecule has 2 aromatic rings. The van der Waals surface area contributed by atoms with E-state index < -0.39 is 0 Å². The topological polar surface area (TPSA) is 38.3 Å². The molecule has 3 nitrogen and oxygen atoms in total. The van der Waals surface area contributed by atoms with Crippen molar-refractivity contribution in [2.45, 2.75) is 13.5 Å². The average Bonchev–Trinajstić information content (AvgIpc) is 2.46. The number of nitrogens with one attached hydrogen (secondary N) is 1. The second kappa shape index (κ2) is 6.44. The number of aryl methyl sites for hydroxylation is 1. The van der Waals surface area contributed by atoms with Gasteiger partial charge in [-0.25, -0.2) is 4.79 Å². The molecule has 0 fully saturated rings. The van der Waals surface area contributed by atoms with Gasteiger partial charge < -0.3 is 10.1 Å². The smallest absolute Gasteiger partial charge is 0.339 e. The first-order chi connectivity index (χ1) is 9.61. The zero-order chi connectivity index (χ0) is 14.5. The Hall–Kier alpha value is -2.00. The Kier molecular flexibility index (Phi) is 4.64. The van der Waals surface area contributed by atoms with Crippen LogP contribution in [0.2, 0.25) is 5.02 Å². The molecule has 0 amide bonds. The van der Waals surface area contributed by atoms with E-state index in [-0.39, 0.29) is 5.97 Å². The largest absolute Gasteiger partial charge is 0.465 e. The van der Waals surface area contributed by atoms with Gasteiger partial charge in [0.25, 0.3) is 0 Å². The maximum Gasteiger partial charge on any atom is 0.339 e. The molecule has 4 heteroatoms. The van der Waals surface area contributed by atoms with Gasteiger partial charge in [0.1, 0.15) is 0 Å². The lowest BCUT2D eigenvalue weighted by Crippen LogP contribution is -2.08. The predicted octanol–water partition coefficient (Wildman–Crippen LogP) is 4.05. The Labute approximate surface area is 123 Å². The Bertz CT molecular complexity index is 626.